The highest BCUT2D eigenvalue weighted by Gasteiger charge is 2.38. The Morgan fingerprint density at radius 1 is 1.23 bits per heavy atom. The van der Waals surface area contributed by atoms with Gasteiger partial charge in [0.1, 0.15) is 6.61 Å². The van der Waals surface area contributed by atoms with Crippen LogP contribution in [0.25, 0.3) is 0 Å². The van der Waals surface area contributed by atoms with E-state index in [1.165, 1.54) is 0 Å². The fraction of sp³-hybridized carbons (Fsp3) is 0.529. The quantitative estimate of drug-likeness (QED) is 0.809. The van der Waals surface area contributed by atoms with E-state index in [0.717, 1.165) is 5.56 Å². The second-order valence-electron chi connectivity index (χ2n) is 6.26. The first kappa shape index (κ1) is 18.0. The Balaban J connectivity index is 2.68. The van der Waals surface area contributed by atoms with Gasteiger partial charge in [0, 0.05) is 0 Å². The molecule has 2 atom stereocenters. The van der Waals surface area contributed by atoms with Gasteiger partial charge in [-0.25, -0.2) is 4.79 Å². The van der Waals surface area contributed by atoms with Gasteiger partial charge in [-0.05, 0) is 31.7 Å². The Hall–Kier alpha value is -2.04. The van der Waals surface area contributed by atoms with Gasteiger partial charge in [-0.15, -0.1) is 0 Å². The lowest BCUT2D eigenvalue weighted by Gasteiger charge is -2.35. The number of alkyl carbamates (subject to hydrolysis) is 1. The Kier molecular flexibility index (Phi) is 6.40. The lowest BCUT2D eigenvalue weighted by atomic mass is 9.80. The van der Waals surface area contributed by atoms with Gasteiger partial charge < -0.3 is 15.2 Å². The molecular weight excluding hydrogens is 282 g/mol. The van der Waals surface area contributed by atoms with Crippen molar-refractivity contribution in [2.24, 2.45) is 11.8 Å². The molecule has 5 nitrogen and oxygen atoms in total. The normalized spacial score (nSPS) is 15.0. The molecule has 0 aliphatic heterocycles. The summed E-state index contributed by atoms with van der Waals surface area (Å²) in [5.41, 5.74) is 0.0304. The van der Waals surface area contributed by atoms with Crippen LogP contribution < -0.4 is 5.32 Å². The highest BCUT2D eigenvalue weighted by molar-refractivity contribution is 5.74. The molecule has 1 aromatic carbocycles. The van der Waals surface area contributed by atoms with Gasteiger partial charge in [-0.2, -0.15) is 0 Å². The summed E-state index contributed by atoms with van der Waals surface area (Å²) in [4.78, 5) is 23.3. The van der Waals surface area contributed by atoms with Crippen molar-refractivity contribution in [3.05, 3.63) is 35.9 Å². The zero-order valence-electron chi connectivity index (χ0n) is 13.6. The molecule has 0 bridgehead atoms. The summed E-state index contributed by atoms with van der Waals surface area (Å²) in [6.45, 7) is 7.48. The van der Waals surface area contributed by atoms with Crippen LogP contribution in [-0.2, 0) is 16.1 Å². The monoisotopic (exact) mass is 307 g/mol. The Labute approximate surface area is 131 Å². The van der Waals surface area contributed by atoms with Crippen molar-refractivity contribution in [3.8, 4) is 0 Å². The first-order chi connectivity index (χ1) is 10.2. The summed E-state index contributed by atoms with van der Waals surface area (Å²) in [6, 6.07) is 9.34. The smallest absolute Gasteiger partial charge is 0.407 e. The minimum atomic E-state index is -0.938. The van der Waals surface area contributed by atoms with Crippen LogP contribution in [0, 0.1) is 11.8 Å². The van der Waals surface area contributed by atoms with E-state index in [2.05, 4.69) is 5.32 Å². The Morgan fingerprint density at radius 3 is 2.32 bits per heavy atom. The first-order valence-electron chi connectivity index (χ1n) is 7.46. The number of carbonyl (C=O) groups is 2. The first-order valence-corrected chi connectivity index (χ1v) is 7.46. The number of benzene rings is 1. The topological polar surface area (TPSA) is 75.6 Å². The molecule has 0 aliphatic rings. The second kappa shape index (κ2) is 7.82. The van der Waals surface area contributed by atoms with Crippen LogP contribution in [0.1, 0.15) is 39.7 Å². The van der Waals surface area contributed by atoms with E-state index < -0.39 is 23.5 Å². The summed E-state index contributed by atoms with van der Waals surface area (Å²) in [5.74, 6) is -1.40. The maximum absolute atomic E-state index is 12.0. The molecule has 1 unspecified atom stereocenters. The maximum Gasteiger partial charge on any atom is 0.407 e. The second-order valence-corrected chi connectivity index (χ2v) is 6.26. The number of carboxylic acids is 1. The molecule has 0 fully saturated rings. The molecule has 1 amide bonds. The van der Waals surface area contributed by atoms with Crippen molar-refractivity contribution in [2.75, 3.05) is 0 Å². The highest BCUT2D eigenvalue weighted by atomic mass is 16.5. The molecule has 0 heterocycles. The van der Waals surface area contributed by atoms with E-state index >= 15 is 0 Å². The number of rotatable bonds is 7. The molecule has 22 heavy (non-hydrogen) atoms. The van der Waals surface area contributed by atoms with Gasteiger partial charge in [0.2, 0.25) is 0 Å². The van der Waals surface area contributed by atoms with Gasteiger partial charge in [0.15, 0.2) is 0 Å². The number of carbonyl (C=O) groups excluding carboxylic acids is 1. The predicted octanol–water partition coefficient (Wildman–Crippen LogP) is 3.44. The van der Waals surface area contributed by atoms with E-state index in [-0.39, 0.29) is 12.5 Å². The number of nitrogens with one attached hydrogen (secondary N) is 1. The van der Waals surface area contributed by atoms with Crippen molar-refractivity contribution in [1.82, 2.24) is 5.32 Å². The van der Waals surface area contributed by atoms with Crippen molar-refractivity contribution in [1.29, 1.82) is 0 Å². The van der Waals surface area contributed by atoms with Gasteiger partial charge in [0.05, 0.1) is 11.5 Å². The van der Waals surface area contributed by atoms with Gasteiger partial charge in [-0.3, -0.25) is 4.79 Å². The molecule has 1 rings (SSSR count). The molecule has 1 aromatic rings. The lowest BCUT2D eigenvalue weighted by molar-refractivity contribution is -0.143. The number of amides is 1. The molecule has 0 saturated carbocycles. The predicted molar refractivity (Wildman–Crippen MR) is 84.4 cm³/mol. The van der Waals surface area contributed by atoms with E-state index in [1.807, 2.05) is 44.2 Å². The molecule has 0 saturated heterocycles. The standard InChI is InChI=1S/C17H25NO4/c1-12(2)10-17(4,13(3)15(19)20)18-16(21)22-11-14-8-6-5-7-9-14/h5-9,12-13H,10-11H2,1-4H3,(H,18,21)(H,19,20)/t13-,17?/m1/s1. The average Bonchev–Trinajstić information content (AvgIpc) is 2.44. The molecule has 5 heteroatoms. The largest absolute Gasteiger partial charge is 0.481 e. The molecule has 122 valence electrons. The Bertz CT molecular complexity index is 501. The zero-order chi connectivity index (χ0) is 16.8. The minimum Gasteiger partial charge on any atom is -0.481 e. The van der Waals surface area contributed by atoms with Gasteiger partial charge in [0.25, 0.3) is 0 Å². The fourth-order valence-corrected chi connectivity index (χ4v) is 2.45. The summed E-state index contributed by atoms with van der Waals surface area (Å²) in [6.07, 6.45) is -0.0407. The van der Waals surface area contributed by atoms with Crippen LogP contribution >= 0.6 is 0 Å². The summed E-state index contributed by atoms with van der Waals surface area (Å²) in [7, 11) is 0. The van der Waals surface area contributed by atoms with Crippen LogP contribution in [0.5, 0.6) is 0 Å². The summed E-state index contributed by atoms with van der Waals surface area (Å²) >= 11 is 0. The molecule has 0 aromatic heterocycles. The third-order valence-corrected chi connectivity index (χ3v) is 3.76. The van der Waals surface area contributed by atoms with Crippen molar-refractivity contribution >= 4 is 12.1 Å². The average molecular weight is 307 g/mol. The third kappa shape index (κ3) is 5.39. The van der Waals surface area contributed by atoms with Crippen LogP contribution in [0.4, 0.5) is 4.79 Å². The number of carboxylic acid groups (broad SMARTS) is 1. The third-order valence-electron chi connectivity index (χ3n) is 3.76. The molecular formula is C17H25NO4. The van der Waals surface area contributed by atoms with E-state index in [4.69, 9.17) is 4.74 Å². The van der Waals surface area contributed by atoms with Crippen LogP contribution in [0.2, 0.25) is 0 Å². The fourth-order valence-electron chi connectivity index (χ4n) is 2.45. The van der Waals surface area contributed by atoms with E-state index in [0.29, 0.717) is 6.42 Å². The summed E-state index contributed by atoms with van der Waals surface area (Å²) in [5, 5.41) is 12.0. The Morgan fingerprint density at radius 2 is 1.82 bits per heavy atom. The molecule has 0 radical (unpaired) electrons. The minimum absolute atomic E-state index is 0.159. The lowest BCUT2D eigenvalue weighted by Crippen LogP contribution is -2.53. The molecule has 0 spiro atoms. The number of hydrogen-bond acceptors (Lipinski definition) is 3. The van der Waals surface area contributed by atoms with Gasteiger partial charge >= 0.3 is 12.1 Å². The molecule has 0 aliphatic carbocycles. The van der Waals surface area contributed by atoms with Gasteiger partial charge in [-0.1, -0.05) is 44.2 Å². The number of aliphatic carboxylic acids is 1. The summed E-state index contributed by atoms with van der Waals surface area (Å²) < 4.78 is 5.19. The van der Waals surface area contributed by atoms with E-state index in [1.54, 1.807) is 13.8 Å². The molecule has 2 N–H and O–H groups in total. The van der Waals surface area contributed by atoms with E-state index in [9.17, 15) is 14.7 Å². The van der Waals surface area contributed by atoms with Crippen molar-refractivity contribution in [3.63, 3.8) is 0 Å². The SMILES string of the molecule is CC(C)CC(C)(NC(=O)OCc1ccccc1)[C@H](C)C(=O)O. The maximum atomic E-state index is 12.0. The van der Waals surface area contributed by atoms with Crippen LogP contribution in [-0.4, -0.2) is 22.7 Å². The zero-order valence-corrected chi connectivity index (χ0v) is 13.6. The number of ether oxygens (including phenoxy) is 1. The van der Waals surface area contributed by atoms with Crippen molar-refractivity contribution in [2.45, 2.75) is 46.3 Å². The number of hydrogen-bond donors (Lipinski definition) is 2. The van der Waals surface area contributed by atoms with Crippen LogP contribution in [0.15, 0.2) is 30.3 Å². The van der Waals surface area contributed by atoms with Crippen LogP contribution in [0.3, 0.4) is 0 Å². The van der Waals surface area contributed by atoms with Crippen molar-refractivity contribution < 1.29 is 19.4 Å². The highest BCUT2D eigenvalue weighted by Crippen LogP contribution is 2.26.